The van der Waals surface area contributed by atoms with Crippen LogP contribution in [0.1, 0.15) is 16.6 Å². The largest absolute Gasteiger partial charge is 0.301 e. The van der Waals surface area contributed by atoms with Crippen LogP contribution in [0.3, 0.4) is 0 Å². The molecule has 0 saturated heterocycles. The van der Waals surface area contributed by atoms with E-state index in [0.717, 1.165) is 11.3 Å². The second-order valence-corrected chi connectivity index (χ2v) is 5.68. The van der Waals surface area contributed by atoms with Crippen LogP contribution in [0.25, 0.3) is 10.4 Å². The van der Waals surface area contributed by atoms with E-state index in [-0.39, 0.29) is 16.4 Å². The van der Waals surface area contributed by atoms with Crippen LogP contribution < -0.4 is 0 Å². The standard InChI is InChI=1S/C12H8ClNO3S2/c1-6(15)11-10(18)9(14(16)17)12(19-11)7-2-4-8(13)5-3-7/h2-5,18H,1H3. The molecule has 4 nitrogen and oxygen atoms in total. The van der Waals surface area contributed by atoms with Crippen molar-refractivity contribution in [2.45, 2.75) is 11.8 Å². The molecule has 1 aromatic heterocycles. The first kappa shape index (κ1) is 14.0. The van der Waals surface area contributed by atoms with Crippen LogP contribution >= 0.6 is 35.6 Å². The number of thiophene rings is 1. The molecule has 0 spiro atoms. The summed E-state index contributed by atoms with van der Waals surface area (Å²) in [5.74, 6) is -0.238. The molecule has 1 heterocycles. The topological polar surface area (TPSA) is 60.2 Å². The number of ketones is 1. The van der Waals surface area contributed by atoms with E-state index < -0.39 is 4.92 Å². The number of halogens is 1. The third kappa shape index (κ3) is 2.65. The van der Waals surface area contributed by atoms with Crippen molar-refractivity contribution in [1.29, 1.82) is 0 Å². The number of Topliss-reactive ketones (excluding diaryl/α,β-unsaturated/α-hetero) is 1. The van der Waals surface area contributed by atoms with Crippen LogP contribution in [0.15, 0.2) is 29.2 Å². The average Bonchev–Trinajstić information content (AvgIpc) is 2.68. The van der Waals surface area contributed by atoms with Gasteiger partial charge in [-0.05, 0) is 24.6 Å². The van der Waals surface area contributed by atoms with Crippen molar-refractivity contribution in [3.63, 3.8) is 0 Å². The highest BCUT2D eigenvalue weighted by molar-refractivity contribution is 7.80. The maximum atomic E-state index is 11.5. The molecule has 7 heteroatoms. The van der Waals surface area contributed by atoms with Gasteiger partial charge in [-0.15, -0.1) is 24.0 Å². The maximum Gasteiger partial charge on any atom is 0.301 e. The van der Waals surface area contributed by atoms with Crippen molar-refractivity contribution in [2.75, 3.05) is 0 Å². The van der Waals surface area contributed by atoms with Crippen molar-refractivity contribution in [2.24, 2.45) is 0 Å². The number of carbonyl (C=O) groups is 1. The van der Waals surface area contributed by atoms with E-state index in [1.54, 1.807) is 24.3 Å². The van der Waals surface area contributed by atoms with Crippen molar-refractivity contribution >= 4 is 47.0 Å². The van der Waals surface area contributed by atoms with Crippen molar-refractivity contribution in [1.82, 2.24) is 0 Å². The number of carbonyl (C=O) groups excluding carboxylic acids is 1. The molecule has 0 bridgehead atoms. The first-order valence-corrected chi connectivity index (χ1v) is 6.83. The van der Waals surface area contributed by atoms with Gasteiger partial charge in [0.25, 0.3) is 0 Å². The molecule has 0 atom stereocenters. The van der Waals surface area contributed by atoms with Crippen molar-refractivity contribution in [3.05, 3.63) is 44.3 Å². The van der Waals surface area contributed by atoms with Gasteiger partial charge in [0.15, 0.2) is 5.78 Å². The Balaban J connectivity index is 2.68. The fraction of sp³-hybridized carbons (Fsp3) is 0.0833. The zero-order chi connectivity index (χ0) is 14.2. The third-order valence-electron chi connectivity index (χ3n) is 2.47. The third-order valence-corrected chi connectivity index (χ3v) is 4.63. The monoisotopic (exact) mass is 313 g/mol. The lowest BCUT2D eigenvalue weighted by Gasteiger charge is -1.98. The smallest absolute Gasteiger partial charge is 0.294 e. The molecule has 0 fully saturated rings. The summed E-state index contributed by atoms with van der Waals surface area (Å²) in [6, 6.07) is 6.65. The van der Waals surface area contributed by atoms with E-state index in [0.29, 0.717) is 20.3 Å². The fourth-order valence-corrected chi connectivity index (χ4v) is 3.38. The Kier molecular flexibility index (Phi) is 3.93. The Bertz CT molecular complexity index is 664. The van der Waals surface area contributed by atoms with Crippen LogP contribution in [0, 0.1) is 10.1 Å². The Labute approximate surface area is 123 Å². The highest BCUT2D eigenvalue weighted by atomic mass is 35.5. The predicted molar refractivity (Wildman–Crippen MR) is 78.7 cm³/mol. The lowest BCUT2D eigenvalue weighted by atomic mass is 10.1. The minimum absolute atomic E-state index is 0.118. The van der Waals surface area contributed by atoms with Gasteiger partial charge in [0.05, 0.1) is 9.80 Å². The zero-order valence-electron chi connectivity index (χ0n) is 9.71. The number of nitrogens with zero attached hydrogens (tertiary/aromatic N) is 1. The van der Waals surface area contributed by atoms with Gasteiger partial charge in [-0.3, -0.25) is 14.9 Å². The van der Waals surface area contributed by atoms with Crippen molar-refractivity contribution < 1.29 is 9.72 Å². The van der Waals surface area contributed by atoms with Gasteiger partial charge in [-0.25, -0.2) is 0 Å². The number of nitro groups is 1. The molecule has 0 aliphatic heterocycles. The van der Waals surface area contributed by atoms with Gasteiger partial charge in [0.1, 0.15) is 9.77 Å². The summed E-state index contributed by atoms with van der Waals surface area (Å²) in [5, 5.41) is 11.7. The van der Waals surface area contributed by atoms with Gasteiger partial charge in [0.2, 0.25) is 0 Å². The minimum atomic E-state index is -0.519. The lowest BCUT2D eigenvalue weighted by Crippen LogP contribution is -1.91. The zero-order valence-corrected chi connectivity index (χ0v) is 12.2. The molecular formula is C12H8ClNO3S2. The normalized spacial score (nSPS) is 10.5. The summed E-state index contributed by atoms with van der Waals surface area (Å²) in [7, 11) is 0. The van der Waals surface area contributed by atoms with Crippen LogP contribution in [0.2, 0.25) is 5.02 Å². The molecule has 0 aliphatic carbocycles. The second kappa shape index (κ2) is 5.32. The average molecular weight is 314 g/mol. The molecular weight excluding hydrogens is 306 g/mol. The van der Waals surface area contributed by atoms with Gasteiger partial charge < -0.3 is 0 Å². The van der Waals surface area contributed by atoms with Gasteiger partial charge in [-0.2, -0.15) is 0 Å². The molecule has 0 aliphatic rings. The predicted octanol–water partition coefficient (Wildman–Crippen LogP) is 4.47. The van der Waals surface area contributed by atoms with E-state index in [4.69, 9.17) is 11.6 Å². The molecule has 2 aromatic rings. The summed E-state index contributed by atoms with van der Waals surface area (Å²) < 4.78 is 0. The number of benzene rings is 1. The van der Waals surface area contributed by atoms with Gasteiger partial charge in [-0.1, -0.05) is 23.7 Å². The van der Waals surface area contributed by atoms with E-state index in [2.05, 4.69) is 12.6 Å². The molecule has 19 heavy (non-hydrogen) atoms. The van der Waals surface area contributed by atoms with Gasteiger partial charge >= 0.3 is 5.69 Å². The Morgan fingerprint density at radius 2 is 1.95 bits per heavy atom. The molecule has 98 valence electrons. The highest BCUT2D eigenvalue weighted by Crippen LogP contribution is 2.44. The lowest BCUT2D eigenvalue weighted by molar-refractivity contribution is -0.386. The summed E-state index contributed by atoms with van der Waals surface area (Å²) in [5.41, 5.74) is 0.504. The van der Waals surface area contributed by atoms with E-state index in [9.17, 15) is 14.9 Å². The first-order chi connectivity index (χ1) is 8.91. The first-order valence-electron chi connectivity index (χ1n) is 5.19. The molecule has 1 aromatic carbocycles. The Hall–Kier alpha value is -1.37. The molecule has 0 saturated carbocycles. The molecule has 0 amide bonds. The van der Waals surface area contributed by atoms with E-state index in [1.807, 2.05) is 0 Å². The van der Waals surface area contributed by atoms with E-state index in [1.165, 1.54) is 6.92 Å². The second-order valence-electron chi connectivity index (χ2n) is 3.78. The quantitative estimate of drug-likeness (QED) is 0.393. The molecule has 0 N–H and O–H groups in total. The molecule has 0 radical (unpaired) electrons. The summed E-state index contributed by atoms with van der Waals surface area (Å²) in [6.07, 6.45) is 0. The Morgan fingerprint density at radius 1 is 1.37 bits per heavy atom. The summed E-state index contributed by atoms with van der Waals surface area (Å²) in [4.78, 5) is 22.9. The van der Waals surface area contributed by atoms with Crippen LogP contribution in [0.5, 0.6) is 0 Å². The Morgan fingerprint density at radius 3 is 2.42 bits per heavy atom. The number of rotatable bonds is 3. The van der Waals surface area contributed by atoms with Crippen molar-refractivity contribution in [3.8, 4) is 10.4 Å². The summed E-state index contributed by atoms with van der Waals surface area (Å²) >= 11 is 11.0. The van der Waals surface area contributed by atoms with Gasteiger partial charge in [0, 0.05) is 5.02 Å². The maximum absolute atomic E-state index is 11.5. The van der Waals surface area contributed by atoms with E-state index >= 15 is 0 Å². The van der Waals surface area contributed by atoms with Crippen LogP contribution in [0.4, 0.5) is 5.69 Å². The van der Waals surface area contributed by atoms with Crippen LogP contribution in [-0.4, -0.2) is 10.7 Å². The number of thiol groups is 1. The highest BCUT2D eigenvalue weighted by Gasteiger charge is 2.28. The fourth-order valence-electron chi connectivity index (χ4n) is 1.62. The minimum Gasteiger partial charge on any atom is -0.294 e. The number of hydrogen-bond donors (Lipinski definition) is 1. The molecule has 2 rings (SSSR count). The summed E-state index contributed by atoms with van der Waals surface area (Å²) in [6.45, 7) is 1.36. The SMILES string of the molecule is CC(=O)c1sc(-c2ccc(Cl)cc2)c([N+](=O)[O-])c1S. The molecule has 0 unspecified atom stereocenters. The van der Waals surface area contributed by atoms with Crippen LogP contribution in [-0.2, 0) is 0 Å². The number of hydrogen-bond acceptors (Lipinski definition) is 5.